The standard InChI is InChI=1S/C18H28N2OS.ClH/c1-13-6-8-16(9-7-13)22-18(10-4-5-11-18)12-20-17(21)14(2)15(3)19;/h6-9,14-15H,4-5,10-12,19H2,1-3H3,(H,20,21);1H. The van der Waals surface area contributed by atoms with Gasteiger partial charge in [0.2, 0.25) is 5.91 Å². The second kappa shape index (κ2) is 8.95. The number of nitrogens with two attached hydrogens (primary N) is 1. The lowest BCUT2D eigenvalue weighted by Gasteiger charge is -2.29. The Morgan fingerprint density at radius 2 is 1.83 bits per heavy atom. The van der Waals surface area contributed by atoms with Crippen LogP contribution in [0.25, 0.3) is 0 Å². The monoisotopic (exact) mass is 356 g/mol. The first-order valence-corrected chi connectivity index (χ1v) is 9.02. The highest BCUT2D eigenvalue weighted by Crippen LogP contribution is 2.44. The maximum absolute atomic E-state index is 12.2. The number of nitrogens with one attached hydrogen (secondary N) is 1. The third-order valence-corrected chi connectivity index (χ3v) is 6.15. The molecule has 1 fully saturated rings. The fraction of sp³-hybridized carbons (Fsp3) is 0.611. The number of amides is 1. The third-order valence-electron chi connectivity index (χ3n) is 4.66. The van der Waals surface area contributed by atoms with E-state index in [0.717, 1.165) is 6.54 Å². The molecule has 1 aromatic rings. The molecule has 0 saturated heterocycles. The molecule has 0 aromatic heterocycles. The van der Waals surface area contributed by atoms with Crippen LogP contribution in [0.4, 0.5) is 0 Å². The summed E-state index contributed by atoms with van der Waals surface area (Å²) in [6.07, 6.45) is 4.83. The van der Waals surface area contributed by atoms with Gasteiger partial charge >= 0.3 is 0 Å². The van der Waals surface area contributed by atoms with Gasteiger partial charge in [-0.05, 0) is 38.8 Å². The van der Waals surface area contributed by atoms with E-state index in [0.29, 0.717) is 0 Å². The largest absolute Gasteiger partial charge is 0.354 e. The van der Waals surface area contributed by atoms with Crippen molar-refractivity contribution in [3.8, 4) is 0 Å². The zero-order valence-corrected chi connectivity index (χ0v) is 15.9. The highest BCUT2D eigenvalue weighted by molar-refractivity contribution is 8.00. The van der Waals surface area contributed by atoms with Gasteiger partial charge in [0.25, 0.3) is 0 Å². The van der Waals surface area contributed by atoms with Crippen molar-refractivity contribution in [2.24, 2.45) is 11.7 Å². The molecule has 2 atom stereocenters. The van der Waals surface area contributed by atoms with Crippen molar-refractivity contribution in [2.45, 2.75) is 62.1 Å². The fourth-order valence-corrected chi connectivity index (χ4v) is 4.25. The van der Waals surface area contributed by atoms with E-state index >= 15 is 0 Å². The zero-order chi connectivity index (χ0) is 16.2. The Kier molecular flexibility index (Phi) is 7.91. The molecular weight excluding hydrogens is 328 g/mol. The SMILES string of the molecule is Cc1ccc(SC2(CNC(=O)C(C)C(C)N)CCCC2)cc1.Cl. The number of carbonyl (C=O) groups excluding carboxylic acids is 1. The Bertz CT molecular complexity index is 498. The molecular formula is C18H29ClN2OS. The Morgan fingerprint density at radius 1 is 1.26 bits per heavy atom. The first-order valence-electron chi connectivity index (χ1n) is 8.21. The molecule has 130 valence electrons. The molecule has 1 aromatic carbocycles. The average molecular weight is 357 g/mol. The maximum atomic E-state index is 12.2. The van der Waals surface area contributed by atoms with Gasteiger partial charge in [0.15, 0.2) is 0 Å². The van der Waals surface area contributed by atoms with Crippen molar-refractivity contribution in [1.29, 1.82) is 0 Å². The minimum Gasteiger partial charge on any atom is -0.354 e. The van der Waals surface area contributed by atoms with Crippen LogP contribution in [0.5, 0.6) is 0 Å². The topological polar surface area (TPSA) is 55.1 Å². The summed E-state index contributed by atoms with van der Waals surface area (Å²) in [7, 11) is 0. The maximum Gasteiger partial charge on any atom is 0.224 e. The van der Waals surface area contributed by atoms with Crippen LogP contribution < -0.4 is 11.1 Å². The molecule has 23 heavy (non-hydrogen) atoms. The predicted molar refractivity (Wildman–Crippen MR) is 101 cm³/mol. The summed E-state index contributed by atoms with van der Waals surface area (Å²) >= 11 is 1.92. The molecule has 3 nitrogen and oxygen atoms in total. The highest BCUT2D eigenvalue weighted by atomic mass is 35.5. The van der Waals surface area contributed by atoms with Crippen LogP contribution in [-0.2, 0) is 4.79 Å². The molecule has 2 rings (SSSR count). The van der Waals surface area contributed by atoms with E-state index in [-0.39, 0.29) is 35.0 Å². The second-order valence-corrected chi connectivity index (χ2v) is 8.21. The number of carbonyl (C=O) groups is 1. The molecule has 0 bridgehead atoms. The lowest BCUT2D eigenvalue weighted by atomic mass is 10.0. The number of benzene rings is 1. The van der Waals surface area contributed by atoms with Crippen molar-refractivity contribution in [3.05, 3.63) is 29.8 Å². The van der Waals surface area contributed by atoms with Crippen LogP contribution in [0, 0.1) is 12.8 Å². The number of halogens is 1. The molecule has 3 N–H and O–H groups in total. The average Bonchev–Trinajstić information content (AvgIpc) is 2.95. The van der Waals surface area contributed by atoms with Gasteiger partial charge in [0, 0.05) is 28.1 Å². The minimum absolute atomic E-state index is 0. The van der Waals surface area contributed by atoms with Crippen LogP contribution in [-0.4, -0.2) is 23.2 Å². The lowest BCUT2D eigenvalue weighted by molar-refractivity contribution is -0.125. The van der Waals surface area contributed by atoms with Crippen molar-refractivity contribution in [2.75, 3.05) is 6.54 Å². The van der Waals surface area contributed by atoms with E-state index in [2.05, 4.69) is 36.5 Å². The summed E-state index contributed by atoms with van der Waals surface area (Å²) in [5.74, 6) is -0.0615. The molecule has 1 amide bonds. The van der Waals surface area contributed by atoms with Gasteiger partial charge in [-0.25, -0.2) is 0 Å². The number of thioether (sulfide) groups is 1. The lowest BCUT2D eigenvalue weighted by Crippen LogP contribution is -2.44. The summed E-state index contributed by atoms with van der Waals surface area (Å²) < 4.78 is 0.141. The van der Waals surface area contributed by atoms with Crippen LogP contribution in [0.15, 0.2) is 29.2 Å². The van der Waals surface area contributed by atoms with Crippen LogP contribution in [0.3, 0.4) is 0 Å². The van der Waals surface area contributed by atoms with E-state index in [1.54, 1.807) is 0 Å². The summed E-state index contributed by atoms with van der Waals surface area (Å²) in [6.45, 7) is 6.63. The summed E-state index contributed by atoms with van der Waals surface area (Å²) in [5, 5.41) is 3.14. The summed E-state index contributed by atoms with van der Waals surface area (Å²) in [6, 6.07) is 8.58. The van der Waals surface area contributed by atoms with Gasteiger partial charge in [-0.2, -0.15) is 0 Å². The van der Waals surface area contributed by atoms with E-state index in [9.17, 15) is 4.79 Å². The van der Waals surface area contributed by atoms with Crippen LogP contribution in [0.2, 0.25) is 0 Å². The molecule has 1 aliphatic rings. The van der Waals surface area contributed by atoms with E-state index in [1.165, 1.54) is 36.1 Å². The smallest absolute Gasteiger partial charge is 0.224 e. The molecule has 2 unspecified atom stereocenters. The quantitative estimate of drug-likeness (QED) is 0.812. The first-order chi connectivity index (χ1) is 10.4. The van der Waals surface area contributed by atoms with E-state index in [4.69, 9.17) is 5.73 Å². The number of rotatable bonds is 6. The number of aryl methyl sites for hydroxylation is 1. The van der Waals surface area contributed by atoms with Gasteiger partial charge in [-0.3, -0.25) is 4.79 Å². The Labute approximate surface area is 150 Å². The van der Waals surface area contributed by atoms with Gasteiger partial charge < -0.3 is 11.1 Å². The number of hydrogen-bond acceptors (Lipinski definition) is 3. The molecule has 0 heterocycles. The number of hydrogen-bond donors (Lipinski definition) is 2. The van der Waals surface area contributed by atoms with E-state index in [1.807, 2.05) is 25.6 Å². The van der Waals surface area contributed by atoms with Crippen molar-refractivity contribution < 1.29 is 4.79 Å². The molecule has 1 saturated carbocycles. The van der Waals surface area contributed by atoms with Gasteiger partial charge in [-0.1, -0.05) is 37.5 Å². The van der Waals surface area contributed by atoms with Crippen LogP contribution in [0.1, 0.15) is 45.1 Å². The minimum atomic E-state index is -0.136. The van der Waals surface area contributed by atoms with Gasteiger partial charge in [0.1, 0.15) is 0 Å². The zero-order valence-electron chi connectivity index (χ0n) is 14.3. The predicted octanol–water partition coefficient (Wildman–Crippen LogP) is 3.92. The Morgan fingerprint density at radius 3 is 2.35 bits per heavy atom. The normalized spacial score (nSPS) is 18.8. The molecule has 5 heteroatoms. The third kappa shape index (κ3) is 5.70. The Hall–Kier alpha value is -0.710. The molecule has 1 aliphatic carbocycles. The molecule has 0 radical (unpaired) electrons. The van der Waals surface area contributed by atoms with Crippen LogP contribution >= 0.6 is 24.2 Å². The van der Waals surface area contributed by atoms with Crippen molar-refractivity contribution in [3.63, 3.8) is 0 Å². The van der Waals surface area contributed by atoms with Crippen molar-refractivity contribution >= 4 is 30.1 Å². The van der Waals surface area contributed by atoms with Crippen molar-refractivity contribution in [1.82, 2.24) is 5.32 Å². The fourth-order valence-electron chi connectivity index (χ4n) is 2.84. The second-order valence-electron chi connectivity index (χ2n) is 6.67. The van der Waals surface area contributed by atoms with Gasteiger partial charge in [0.05, 0.1) is 0 Å². The Balaban J connectivity index is 0.00000264. The van der Waals surface area contributed by atoms with Gasteiger partial charge in [-0.15, -0.1) is 24.2 Å². The highest BCUT2D eigenvalue weighted by Gasteiger charge is 2.35. The summed E-state index contributed by atoms with van der Waals surface area (Å²) in [5.41, 5.74) is 7.11. The molecule has 0 spiro atoms. The first kappa shape index (κ1) is 20.3. The summed E-state index contributed by atoms with van der Waals surface area (Å²) in [4.78, 5) is 13.5. The van der Waals surface area contributed by atoms with E-state index < -0.39 is 0 Å². The molecule has 0 aliphatic heterocycles.